The largest absolute Gasteiger partial charge is 0.495 e. The number of rotatable bonds is 12. The van der Waals surface area contributed by atoms with Gasteiger partial charge in [0.15, 0.2) is 10.6 Å². The highest BCUT2D eigenvalue weighted by Crippen LogP contribution is 2.34. The molecule has 3 amide bonds. The zero-order valence-corrected chi connectivity index (χ0v) is 38.3. The van der Waals surface area contributed by atoms with Crippen molar-refractivity contribution in [3.63, 3.8) is 0 Å². The summed E-state index contributed by atoms with van der Waals surface area (Å²) in [5, 5.41) is 21.3. The van der Waals surface area contributed by atoms with Crippen LogP contribution in [0, 0.1) is 11.8 Å². The first-order chi connectivity index (χ1) is 28.5. The number of carboxylic acid groups (broad SMARTS) is 1. The van der Waals surface area contributed by atoms with E-state index in [9.17, 15) is 29.1 Å². The number of amides is 3. The van der Waals surface area contributed by atoms with Crippen LogP contribution in [0.1, 0.15) is 107 Å². The maximum Gasteiger partial charge on any atom is 0.407 e. The van der Waals surface area contributed by atoms with E-state index in [2.05, 4.69) is 46.7 Å². The number of pyridine rings is 1. The Kier molecular flexibility index (Phi) is 20.1. The standard InChI is InChI=1S/C21H33N3O7.C16H16ClN3O2S.C4H10.C2H6/c1-3-12(2)18(20(27)28)23-19(26)16-5-4-8-24(16)17(25)11-22-21(29)31-15-9-13-6-7-14(10-15)30-13;1-8(2)18-16-20-11(7-23-16)10-6-12(21)9-4-5-13(22-3)14(17)15(9)19-10;1-4(2)3;1-2/h12-16,18H,3-11H2,1-2H3,(H,22,29)(H,23,26)(H,27,28);4-8H,1-3H3,(H,18,20)(H,19,21);4H,1-3H3;1-2H3. The first kappa shape index (κ1) is 49.9. The van der Waals surface area contributed by atoms with E-state index in [0.29, 0.717) is 77.8 Å². The zero-order chi connectivity index (χ0) is 44.7. The lowest BCUT2D eigenvalue weighted by Gasteiger charge is -2.28. The number of methoxy groups -OCH3 is 1. The van der Waals surface area contributed by atoms with Crippen LogP contribution in [0.4, 0.5) is 9.93 Å². The van der Waals surface area contributed by atoms with Gasteiger partial charge in [0.05, 0.1) is 36.2 Å². The number of anilines is 1. The lowest BCUT2D eigenvalue weighted by molar-refractivity contribution is -0.145. The van der Waals surface area contributed by atoms with Gasteiger partial charge in [-0.05, 0) is 63.5 Å². The Morgan fingerprint density at radius 3 is 2.30 bits per heavy atom. The fraction of sp³-hybridized carbons (Fsp3) is 0.628. The van der Waals surface area contributed by atoms with Crippen molar-refractivity contribution in [3.05, 3.63) is 38.8 Å². The van der Waals surface area contributed by atoms with E-state index in [1.54, 1.807) is 32.2 Å². The van der Waals surface area contributed by atoms with Gasteiger partial charge in [0.1, 0.15) is 35.5 Å². The zero-order valence-electron chi connectivity index (χ0n) is 36.7. The molecule has 3 saturated heterocycles. The maximum absolute atomic E-state index is 12.7. The second-order valence-corrected chi connectivity index (χ2v) is 17.1. The van der Waals surface area contributed by atoms with E-state index in [1.807, 2.05) is 40.0 Å². The number of fused-ring (bicyclic) bond motifs is 3. The van der Waals surface area contributed by atoms with Crippen molar-refractivity contribution in [1.29, 1.82) is 0 Å². The smallest absolute Gasteiger partial charge is 0.407 e. The SMILES string of the molecule is CC.CC(C)C.CCC(C)C(NC(=O)C1CCCN1C(=O)CNC(=O)OC1CC2CCC(C1)O2)C(=O)O.COc1ccc2c(=O)cc(-c3csc(NC(C)C)n3)[nH]c2c1Cl. The number of aromatic amines is 1. The van der Waals surface area contributed by atoms with Crippen LogP contribution >= 0.6 is 22.9 Å². The molecule has 5 heterocycles. The number of H-pyrrole nitrogens is 1. The number of halogens is 1. The Bertz CT molecular complexity index is 1920. The number of carboxylic acids is 1. The summed E-state index contributed by atoms with van der Waals surface area (Å²) >= 11 is 7.82. The van der Waals surface area contributed by atoms with Crippen molar-refractivity contribution in [3.8, 4) is 17.1 Å². The number of thiazole rings is 1. The molecule has 60 heavy (non-hydrogen) atoms. The fourth-order valence-corrected chi connectivity index (χ4v) is 8.04. The molecule has 5 unspecified atom stereocenters. The quantitative estimate of drug-likeness (QED) is 0.119. The van der Waals surface area contributed by atoms with Crippen molar-refractivity contribution >= 4 is 62.8 Å². The molecule has 17 heteroatoms. The summed E-state index contributed by atoms with van der Waals surface area (Å²) in [5.41, 5.74) is 1.78. The first-order valence-corrected chi connectivity index (χ1v) is 22.3. The molecule has 15 nitrogen and oxygen atoms in total. The topological polar surface area (TPSA) is 201 Å². The molecule has 334 valence electrons. The minimum atomic E-state index is -1.09. The average molecular weight is 878 g/mol. The van der Waals surface area contributed by atoms with E-state index in [4.69, 9.17) is 25.8 Å². The van der Waals surface area contributed by atoms with Gasteiger partial charge in [-0.25, -0.2) is 14.6 Å². The van der Waals surface area contributed by atoms with Gasteiger partial charge in [-0.1, -0.05) is 66.5 Å². The molecule has 6 rings (SSSR count). The number of aromatic nitrogens is 2. The van der Waals surface area contributed by atoms with Gasteiger partial charge < -0.3 is 45.2 Å². The van der Waals surface area contributed by atoms with Crippen LogP contribution in [0.3, 0.4) is 0 Å². The number of benzene rings is 1. The maximum atomic E-state index is 12.7. The van der Waals surface area contributed by atoms with Crippen molar-refractivity contribution in [1.82, 2.24) is 25.5 Å². The number of aliphatic carboxylic acids is 1. The molecule has 0 radical (unpaired) electrons. The van der Waals surface area contributed by atoms with Gasteiger partial charge in [-0.2, -0.15) is 0 Å². The molecule has 0 aliphatic carbocycles. The summed E-state index contributed by atoms with van der Waals surface area (Å²) in [6.07, 6.45) is 4.46. The van der Waals surface area contributed by atoms with Gasteiger partial charge in [-0.3, -0.25) is 14.4 Å². The molecule has 2 bridgehead atoms. The molecule has 5 N–H and O–H groups in total. The highest BCUT2D eigenvalue weighted by Gasteiger charge is 2.38. The van der Waals surface area contributed by atoms with Crippen LogP contribution in [-0.4, -0.2) is 100 Å². The Morgan fingerprint density at radius 2 is 1.72 bits per heavy atom. The molecule has 3 fully saturated rings. The van der Waals surface area contributed by atoms with Crippen molar-refractivity contribution < 1.29 is 38.5 Å². The average Bonchev–Trinajstić information content (AvgIpc) is 3.97. The second-order valence-electron chi connectivity index (χ2n) is 15.9. The molecule has 5 atom stereocenters. The lowest BCUT2D eigenvalue weighted by atomic mass is 9.99. The molecular weight excluding hydrogens is 812 g/mol. The first-order valence-electron chi connectivity index (χ1n) is 21.1. The van der Waals surface area contributed by atoms with Crippen LogP contribution in [0.15, 0.2) is 28.4 Å². The van der Waals surface area contributed by atoms with Crippen LogP contribution in [0.25, 0.3) is 22.3 Å². The molecular formula is C43H65ClN6O9S. The Labute approximate surface area is 362 Å². The van der Waals surface area contributed by atoms with Crippen molar-refractivity contribution in [2.24, 2.45) is 11.8 Å². The van der Waals surface area contributed by atoms with E-state index in [1.165, 1.54) is 16.2 Å². The van der Waals surface area contributed by atoms with E-state index < -0.39 is 36.0 Å². The second kappa shape index (κ2) is 24.1. The third-order valence-electron chi connectivity index (χ3n) is 9.88. The Morgan fingerprint density at radius 1 is 1.07 bits per heavy atom. The number of likely N-dealkylation sites (tertiary alicyclic amines) is 1. The van der Waals surface area contributed by atoms with Crippen LogP contribution in [-0.2, 0) is 23.9 Å². The lowest BCUT2D eigenvalue weighted by Crippen LogP contribution is -2.54. The summed E-state index contributed by atoms with van der Waals surface area (Å²) in [6, 6.07) is 3.49. The number of hydrogen-bond donors (Lipinski definition) is 5. The molecule has 0 spiro atoms. The molecule has 3 aromatic rings. The predicted molar refractivity (Wildman–Crippen MR) is 237 cm³/mol. The third kappa shape index (κ3) is 14.4. The number of carbonyl (C=O) groups is 4. The number of nitrogens with zero attached hydrogens (tertiary/aromatic N) is 2. The van der Waals surface area contributed by atoms with Crippen LogP contribution in [0.5, 0.6) is 5.75 Å². The molecule has 1 aromatic carbocycles. The van der Waals surface area contributed by atoms with Crippen LogP contribution < -0.4 is 26.1 Å². The van der Waals surface area contributed by atoms with E-state index in [0.717, 1.165) is 23.9 Å². The van der Waals surface area contributed by atoms with Gasteiger partial charge in [0.2, 0.25) is 11.8 Å². The van der Waals surface area contributed by atoms with E-state index >= 15 is 0 Å². The van der Waals surface area contributed by atoms with E-state index in [-0.39, 0.29) is 36.2 Å². The number of alkyl carbamates (subject to hydrolysis) is 1. The van der Waals surface area contributed by atoms with Gasteiger partial charge >= 0.3 is 12.1 Å². The Balaban J connectivity index is 0.000000292. The monoisotopic (exact) mass is 876 g/mol. The highest BCUT2D eigenvalue weighted by molar-refractivity contribution is 7.14. The number of carbonyl (C=O) groups excluding carboxylic acids is 3. The number of nitrogens with one attached hydrogen (secondary N) is 4. The summed E-state index contributed by atoms with van der Waals surface area (Å²) in [6.45, 7) is 18.3. The number of hydrogen-bond acceptors (Lipinski definition) is 11. The van der Waals surface area contributed by atoms with Gasteiger partial charge in [0, 0.05) is 42.3 Å². The summed E-state index contributed by atoms with van der Waals surface area (Å²) in [5.74, 6) is -0.836. The Hall–Kier alpha value is -4.41. The molecule has 3 aliphatic heterocycles. The predicted octanol–water partition coefficient (Wildman–Crippen LogP) is 7.85. The van der Waals surface area contributed by atoms with Crippen molar-refractivity contribution in [2.75, 3.05) is 25.5 Å². The summed E-state index contributed by atoms with van der Waals surface area (Å²) < 4.78 is 16.4. The third-order valence-corrected chi connectivity index (χ3v) is 11.0. The fourth-order valence-electron chi connectivity index (χ4n) is 6.89. The number of ether oxygens (including phenoxy) is 3. The normalized spacial score (nSPS) is 20.1. The van der Waals surface area contributed by atoms with Crippen molar-refractivity contribution in [2.45, 2.75) is 144 Å². The summed E-state index contributed by atoms with van der Waals surface area (Å²) in [4.78, 5) is 70.4. The minimum absolute atomic E-state index is 0.107. The van der Waals surface area contributed by atoms with Gasteiger partial charge in [0.25, 0.3) is 0 Å². The molecule has 0 saturated carbocycles. The molecule has 2 aromatic heterocycles. The highest BCUT2D eigenvalue weighted by atomic mass is 35.5. The van der Waals surface area contributed by atoms with Gasteiger partial charge in [-0.15, -0.1) is 11.3 Å². The summed E-state index contributed by atoms with van der Waals surface area (Å²) in [7, 11) is 1.54. The molecule has 3 aliphatic rings. The minimum Gasteiger partial charge on any atom is -0.495 e. The van der Waals surface area contributed by atoms with Crippen LogP contribution in [0.2, 0.25) is 5.02 Å².